The molecule has 0 saturated carbocycles. The van der Waals surface area contributed by atoms with Crippen LogP contribution >= 0.6 is 0 Å². The van der Waals surface area contributed by atoms with Gasteiger partial charge in [0.15, 0.2) is 0 Å². The van der Waals surface area contributed by atoms with E-state index in [-0.39, 0.29) is 0 Å². The molecule has 0 aliphatic carbocycles. The van der Waals surface area contributed by atoms with E-state index in [2.05, 4.69) is 0 Å². The SMILES string of the molecule is CCC[SiH2]C(=O)C(F)(F)F. The number of rotatable bonds is 3. The third-order valence-electron chi connectivity index (χ3n) is 1.07. The van der Waals surface area contributed by atoms with Crippen LogP contribution in [0, 0.1) is 0 Å². The Hall–Kier alpha value is -0.323. The molecule has 0 saturated heterocycles. The summed E-state index contributed by atoms with van der Waals surface area (Å²) in [6, 6.07) is 0.457. The van der Waals surface area contributed by atoms with Crippen LogP contribution < -0.4 is 0 Å². The van der Waals surface area contributed by atoms with Gasteiger partial charge in [0.2, 0.25) is 5.41 Å². The fourth-order valence-electron chi connectivity index (χ4n) is 0.479. The lowest BCUT2D eigenvalue weighted by Gasteiger charge is -2.02. The van der Waals surface area contributed by atoms with Gasteiger partial charge in [0.25, 0.3) is 0 Å². The van der Waals surface area contributed by atoms with Gasteiger partial charge in [0.1, 0.15) is 9.52 Å². The molecule has 0 aliphatic rings. The first-order valence-electron chi connectivity index (χ1n) is 3.08. The van der Waals surface area contributed by atoms with Crippen LogP contribution in [0.3, 0.4) is 0 Å². The minimum atomic E-state index is -4.57. The summed E-state index contributed by atoms with van der Waals surface area (Å²) >= 11 is 0. The molecule has 10 heavy (non-hydrogen) atoms. The summed E-state index contributed by atoms with van der Waals surface area (Å²) in [6.45, 7) is 1.77. The lowest BCUT2D eigenvalue weighted by Crippen LogP contribution is -2.27. The largest absolute Gasteiger partial charge is 0.444 e. The van der Waals surface area contributed by atoms with E-state index in [1.807, 2.05) is 0 Å². The normalized spacial score (nSPS) is 12.8. The van der Waals surface area contributed by atoms with Crippen LogP contribution in [-0.2, 0) is 4.79 Å². The van der Waals surface area contributed by atoms with E-state index >= 15 is 0 Å². The van der Waals surface area contributed by atoms with E-state index in [4.69, 9.17) is 0 Å². The Morgan fingerprint density at radius 1 is 1.50 bits per heavy atom. The Kier molecular flexibility index (Phi) is 3.63. The van der Waals surface area contributed by atoms with Gasteiger partial charge in [-0.3, -0.25) is 4.79 Å². The maximum atomic E-state index is 11.5. The third-order valence-corrected chi connectivity index (χ3v) is 2.99. The second-order valence-corrected chi connectivity index (χ2v) is 3.87. The smallest absolute Gasteiger partial charge is 0.296 e. The zero-order valence-corrected chi connectivity index (χ0v) is 7.08. The zero-order valence-electron chi connectivity index (χ0n) is 5.66. The van der Waals surface area contributed by atoms with Crippen molar-refractivity contribution < 1.29 is 18.0 Å². The topological polar surface area (TPSA) is 17.1 Å². The molecule has 5 heteroatoms. The summed E-state index contributed by atoms with van der Waals surface area (Å²) in [5.41, 5.74) is 0. The average molecular weight is 170 g/mol. The maximum absolute atomic E-state index is 11.5. The molecule has 0 radical (unpaired) electrons. The first-order valence-corrected chi connectivity index (χ1v) is 4.79. The molecule has 0 spiro atoms. The van der Waals surface area contributed by atoms with E-state index < -0.39 is 21.1 Å². The Morgan fingerprint density at radius 3 is 2.30 bits per heavy atom. The fraction of sp³-hybridized carbons (Fsp3) is 0.800. The third kappa shape index (κ3) is 3.65. The molecular weight excluding hydrogens is 161 g/mol. The highest BCUT2D eigenvalue weighted by Crippen LogP contribution is 2.15. The molecule has 0 aromatic heterocycles. The molecule has 0 amide bonds. The second kappa shape index (κ2) is 3.75. The summed E-state index contributed by atoms with van der Waals surface area (Å²) < 4.78 is 34.4. The van der Waals surface area contributed by atoms with Crippen molar-refractivity contribution in [2.24, 2.45) is 0 Å². The Labute approximate surface area is 59.4 Å². The summed E-state index contributed by atoms with van der Waals surface area (Å²) in [5.74, 6) is 0. The Balaban J connectivity index is 3.64. The molecule has 0 N–H and O–H groups in total. The van der Waals surface area contributed by atoms with Crippen molar-refractivity contribution in [1.82, 2.24) is 0 Å². The highest BCUT2D eigenvalue weighted by molar-refractivity contribution is 6.75. The molecule has 0 unspecified atom stereocenters. The first kappa shape index (κ1) is 9.68. The van der Waals surface area contributed by atoms with Crippen LogP contribution in [0.4, 0.5) is 13.2 Å². The molecule has 0 rings (SSSR count). The van der Waals surface area contributed by atoms with Gasteiger partial charge in [0.05, 0.1) is 0 Å². The molecule has 0 aromatic carbocycles. The minimum absolute atomic E-state index is 0.457. The Morgan fingerprint density at radius 2 is 2.00 bits per heavy atom. The van der Waals surface area contributed by atoms with Gasteiger partial charge in [-0.1, -0.05) is 19.4 Å². The van der Waals surface area contributed by atoms with Gasteiger partial charge < -0.3 is 0 Å². The molecule has 0 heterocycles. The predicted molar refractivity (Wildman–Crippen MR) is 34.7 cm³/mol. The van der Waals surface area contributed by atoms with Crippen LogP contribution in [-0.4, -0.2) is 21.1 Å². The summed E-state index contributed by atoms with van der Waals surface area (Å²) in [6.07, 6.45) is -3.89. The molecule has 0 fully saturated rings. The van der Waals surface area contributed by atoms with E-state index in [0.29, 0.717) is 12.5 Å². The number of carbonyl (C=O) groups excluding carboxylic acids is 1. The van der Waals surface area contributed by atoms with Gasteiger partial charge >= 0.3 is 6.18 Å². The van der Waals surface area contributed by atoms with Crippen molar-refractivity contribution in [3.05, 3.63) is 0 Å². The first-order chi connectivity index (χ1) is 4.48. The van der Waals surface area contributed by atoms with E-state index in [1.54, 1.807) is 6.92 Å². The number of hydrogen-bond acceptors (Lipinski definition) is 1. The van der Waals surface area contributed by atoms with Crippen LogP contribution in [0.5, 0.6) is 0 Å². The molecule has 0 atom stereocenters. The van der Waals surface area contributed by atoms with Gasteiger partial charge in [-0.2, -0.15) is 13.2 Å². The van der Waals surface area contributed by atoms with Crippen molar-refractivity contribution in [1.29, 1.82) is 0 Å². The van der Waals surface area contributed by atoms with E-state index in [1.165, 1.54) is 0 Å². The molecular formula is C5H9F3OSi. The van der Waals surface area contributed by atoms with E-state index in [9.17, 15) is 18.0 Å². The lowest BCUT2D eigenvalue weighted by molar-refractivity contribution is -0.161. The molecule has 0 aliphatic heterocycles. The zero-order chi connectivity index (χ0) is 8.20. The lowest BCUT2D eigenvalue weighted by atomic mass is 10.6. The number of carbonyl (C=O) groups is 1. The standard InChI is InChI=1S/C5H9F3OSi/c1-2-3-10-4(9)5(6,7)8/h2-3,10H2,1H3. The van der Waals surface area contributed by atoms with Crippen LogP contribution in [0.2, 0.25) is 6.04 Å². The highest BCUT2D eigenvalue weighted by atomic mass is 28.2. The summed E-state index contributed by atoms with van der Waals surface area (Å²) in [5, 5.41) is -1.48. The van der Waals surface area contributed by atoms with Gasteiger partial charge in [-0.05, 0) is 0 Å². The number of halogens is 3. The minimum Gasteiger partial charge on any atom is -0.296 e. The van der Waals surface area contributed by atoms with Crippen molar-refractivity contribution in [3.8, 4) is 0 Å². The van der Waals surface area contributed by atoms with E-state index in [0.717, 1.165) is 0 Å². The Bertz CT molecular complexity index is 121. The van der Waals surface area contributed by atoms with Crippen molar-refractivity contribution in [3.63, 3.8) is 0 Å². The predicted octanol–water partition coefficient (Wildman–Crippen LogP) is 1.07. The average Bonchev–Trinajstić information content (AvgIpc) is 1.80. The monoisotopic (exact) mass is 170 g/mol. The highest BCUT2D eigenvalue weighted by Gasteiger charge is 2.36. The second-order valence-electron chi connectivity index (χ2n) is 2.02. The number of alkyl halides is 3. The maximum Gasteiger partial charge on any atom is 0.444 e. The van der Waals surface area contributed by atoms with Crippen molar-refractivity contribution >= 4 is 14.9 Å². The van der Waals surface area contributed by atoms with Gasteiger partial charge in [-0.15, -0.1) is 0 Å². The van der Waals surface area contributed by atoms with Gasteiger partial charge in [0, 0.05) is 0 Å². The number of hydrogen-bond donors (Lipinski definition) is 0. The van der Waals surface area contributed by atoms with Crippen molar-refractivity contribution in [2.75, 3.05) is 0 Å². The van der Waals surface area contributed by atoms with Gasteiger partial charge in [-0.25, -0.2) is 0 Å². The van der Waals surface area contributed by atoms with Crippen LogP contribution in [0.25, 0.3) is 0 Å². The quantitative estimate of drug-likeness (QED) is 0.579. The molecule has 60 valence electrons. The van der Waals surface area contributed by atoms with Crippen LogP contribution in [0.1, 0.15) is 13.3 Å². The molecule has 1 nitrogen and oxygen atoms in total. The van der Waals surface area contributed by atoms with Crippen molar-refractivity contribution in [2.45, 2.75) is 25.6 Å². The molecule has 0 bridgehead atoms. The summed E-state index contributed by atoms with van der Waals surface area (Å²) in [7, 11) is -1.53. The molecule has 0 aromatic rings. The van der Waals surface area contributed by atoms with Crippen LogP contribution in [0.15, 0.2) is 0 Å². The summed E-state index contributed by atoms with van der Waals surface area (Å²) in [4.78, 5) is 10.2. The fourth-order valence-corrected chi connectivity index (χ4v) is 1.44.